The van der Waals surface area contributed by atoms with E-state index in [2.05, 4.69) is 49.4 Å². The maximum Gasteiger partial charge on any atom is 0.0294 e. The van der Waals surface area contributed by atoms with Crippen LogP contribution < -0.4 is 5.73 Å². The van der Waals surface area contributed by atoms with Gasteiger partial charge in [0, 0.05) is 6.04 Å². The van der Waals surface area contributed by atoms with Crippen molar-refractivity contribution in [3.63, 3.8) is 0 Å². The minimum absolute atomic E-state index is 0. The molecular formula is C17H20ClN. The van der Waals surface area contributed by atoms with E-state index >= 15 is 0 Å². The zero-order chi connectivity index (χ0) is 12.5. The Bertz CT molecular complexity index is 577. The van der Waals surface area contributed by atoms with Gasteiger partial charge in [-0.25, -0.2) is 0 Å². The second-order valence-corrected chi connectivity index (χ2v) is 5.15. The maximum atomic E-state index is 6.20. The molecule has 1 aliphatic rings. The Balaban J connectivity index is 0.00000133. The number of halogens is 1. The second-order valence-electron chi connectivity index (χ2n) is 5.15. The highest BCUT2D eigenvalue weighted by atomic mass is 35.5. The molecule has 1 atom stereocenters. The van der Waals surface area contributed by atoms with E-state index in [9.17, 15) is 0 Å². The lowest BCUT2D eigenvalue weighted by Gasteiger charge is -2.12. The van der Waals surface area contributed by atoms with Gasteiger partial charge in [0.25, 0.3) is 0 Å². The molecule has 1 nitrogen and oxygen atoms in total. The predicted octanol–water partition coefficient (Wildman–Crippen LogP) is 4.48. The molecule has 0 saturated heterocycles. The standard InChI is InChI=1S/C17H19N.ClH/c1-2-5-17(18)13-8-9-16-14(11-13)10-12-6-3-4-7-15(12)16;/h3-4,6-9,11,17H,2,5,10,18H2,1H3;1H/t17-;/m0./s1. The van der Waals surface area contributed by atoms with Crippen LogP contribution in [-0.4, -0.2) is 0 Å². The van der Waals surface area contributed by atoms with Crippen molar-refractivity contribution in [1.82, 2.24) is 0 Å². The molecule has 1 aliphatic carbocycles. The average molecular weight is 274 g/mol. The third-order valence-electron chi connectivity index (χ3n) is 3.85. The van der Waals surface area contributed by atoms with Gasteiger partial charge in [0.15, 0.2) is 0 Å². The lowest BCUT2D eigenvalue weighted by atomic mass is 9.98. The number of fused-ring (bicyclic) bond motifs is 3. The van der Waals surface area contributed by atoms with E-state index in [1.807, 2.05) is 0 Å². The first-order valence-corrected chi connectivity index (χ1v) is 6.76. The molecule has 0 fully saturated rings. The summed E-state index contributed by atoms with van der Waals surface area (Å²) < 4.78 is 0. The molecule has 2 aromatic rings. The molecule has 2 N–H and O–H groups in total. The lowest BCUT2D eigenvalue weighted by Crippen LogP contribution is -2.09. The molecule has 0 amide bonds. The largest absolute Gasteiger partial charge is 0.324 e. The van der Waals surface area contributed by atoms with E-state index < -0.39 is 0 Å². The fourth-order valence-electron chi connectivity index (χ4n) is 2.87. The maximum absolute atomic E-state index is 6.20. The van der Waals surface area contributed by atoms with Gasteiger partial charge < -0.3 is 5.73 Å². The normalized spacial score (nSPS) is 13.4. The monoisotopic (exact) mass is 273 g/mol. The SMILES string of the molecule is CCC[C@H](N)c1ccc2c(c1)Cc1ccccc1-2.Cl. The number of benzene rings is 2. The second kappa shape index (κ2) is 5.77. The third kappa shape index (κ3) is 2.54. The summed E-state index contributed by atoms with van der Waals surface area (Å²) in [4.78, 5) is 0. The van der Waals surface area contributed by atoms with Gasteiger partial charge in [0.1, 0.15) is 0 Å². The van der Waals surface area contributed by atoms with Crippen LogP contribution in [0.3, 0.4) is 0 Å². The molecular weight excluding hydrogens is 254 g/mol. The Morgan fingerprint density at radius 1 is 1.05 bits per heavy atom. The van der Waals surface area contributed by atoms with E-state index in [-0.39, 0.29) is 18.4 Å². The van der Waals surface area contributed by atoms with E-state index in [1.165, 1.54) is 27.8 Å². The molecule has 2 heteroatoms. The smallest absolute Gasteiger partial charge is 0.0294 e. The van der Waals surface area contributed by atoms with Gasteiger partial charge in [-0.05, 0) is 40.7 Å². The molecule has 0 bridgehead atoms. The lowest BCUT2D eigenvalue weighted by molar-refractivity contribution is 0.638. The van der Waals surface area contributed by atoms with Crippen LogP contribution in [0.2, 0.25) is 0 Å². The van der Waals surface area contributed by atoms with Gasteiger partial charge in [-0.1, -0.05) is 55.8 Å². The Morgan fingerprint density at radius 3 is 2.58 bits per heavy atom. The van der Waals surface area contributed by atoms with E-state index in [4.69, 9.17) is 5.73 Å². The van der Waals surface area contributed by atoms with E-state index in [0.717, 1.165) is 19.3 Å². The average Bonchev–Trinajstić information content (AvgIpc) is 2.76. The van der Waals surface area contributed by atoms with E-state index in [1.54, 1.807) is 0 Å². The van der Waals surface area contributed by atoms with Crippen molar-refractivity contribution in [2.75, 3.05) is 0 Å². The molecule has 0 saturated carbocycles. The van der Waals surface area contributed by atoms with Crippen LogP contribution in [0, 0.1) is 0 Å². The Hall–Kier alpha value is -1.31. The molecule has 100 valence electrons. The minimum atomic E-state index is 0. The third-order valence-corrected chi connectivity index (χ3v) is 3.85. The van der Waals surface area contributed by atoms with Crippen LogP contribution in [0.5, 0.6) is 0 Å². The fourth-order valence-corrected chi connectivity index (χ4v) is 2.87. The Kier molecular flexibility index (Phi) is 4.28. The van der Waals surface area contributed by atoms with Crippen molar-refractivity contribution in [2.45, 2.75) is 32.2 Å². The van der Waals surface area contributed by atoms with Crippen molar-refractivity contribution >= 4 is 12.4 Å². The van der Waals surface area contributed by atoms with Gasteiger partial charge in [-0.2, -0.15) is 0 Å². The van der Waals surface area contributed by atoms with Gasteiger partial charge >= 0.3 is 0 Å². The van der Waals surface area contributed by atoms with Crippen LogP contribution in [0.25, 0.3) is 11.1 Å². The zero-order valence-corrected chi connectivity index (χ0v) is 12.0. The molecule has 3 rings (SSSR count). The quantitative estimate of drug-likeness (QED) is 0.748. The summed E-state index contributed by atoms with van der Waals surface area (Å²) >= 11 is 0. The molecule has 0 radical (unpaired) electrons. The molecule has 0 aliphatic heterocycles. The summed E-state index contributed by atoms with van der Waals surface area (Å²) in [6.07, 6.45) is 3.25. The molecule has 19 heavy (non-hydrogen) atoms. The highest BCUT2D eigenvalue weighted by Crippen LogP contribution is 2.37. The molecule has 0 unspecified atom stereocenters. The minimum Gasteiger partial charge on any atom is -0.324 e. The topological polar surface area (TPSA) is 26.0 Å². The van der Waals surface area contributed by atoms with Crippen molar-refractivity contribution in [1.29, 1.82) is 0 Å². The number of hydrogen-bond donors (Lipinski definition) is 1. The first kappa shape index (κ1) is 14.1. The Morgan fingerprint density at radius 2 is 1.79 bits per heavy atom. The van der Waals surface area contributed by atoms with Crippen molar-refractivity contribution in [3.05, 3.63) is 59.2 Å². The van der Waals surface area contributed by atoms with Crippen LogP contribution in [0.1, 0.15) is 42.5 Å². The number of hydrogen-bond acceptors (Lipinski definition) is 1. The van der Waals surface area contributed by atoms with Gasteiger partial charge in [0.2, 0.25) is 0 Å². The van der Waals surface area contributed by atoms with Crippen LogP contribution in [0.15, 0.2) is 42.5 Å². The summed E-state index contributed by atoms with van der Waals surface area (Å²) in [7, 11) is 0. The molecule has 0 heterocycles. The highest BCUT2D eigenvalue weighted by molar-refractivity contribution is 5.85. The predicted molar refractivity (Wildman–Crippen MR) is 83.8 cm³/mol. The summed E-state index contributed by atoms with van der Waals surface area (Å²) in [5.74, 6) is 0. The van der Waals surface area contributed by atoms with E-state index in [0.29, 0.717) is 0 Å². The highest BCUT2D eigenvalue weighted by Gasteiger charge is 2.18. The molecule has 0 aromatic heterocycles. The zero-order valence-electron chi connectivity index (χ0n) is 11.2. The number of nitrogens with two attached hydrogens (primary N) is 1. The summed E-state index contributed by atoms with van der Waals surface area (Å²) in [5.41, 5.74) is 13.1. The summed E-state index contributed by atoms with van der Waals surface area (Å²) in [6.45, 7) is 2.18. The van der Waals surface area contributed by atoms with Crippen molar-refractivity contribution in [2.24, 2.45) is 5.73 Å². The van der Waals surface area contributed by atoms with Crippen LogP contribution in [-0.2, 0) is 6.42 Å². The van der Waals surface area contributed by atoms with Gasteiger partial charge in [-0.15, -0.1) is 12.4 Å². The molecule has 2 aromatic carbocycles. The summed E-state index contributed by atoms with van der Waals surface area (Å²) in [6, 6.07) is 15.6. The first-order valence-electron chi connectivity index (χ1n) is 6.76. The van der Waals surface area contributed by atoms with Crippen LogP contribution in [0.4, 0.5) is 0 Å². The first-order chi connectivity index (χ1) is 8.79. The van der Waals surface area contributed by atoms with Crippen LogP contribution >= 0.6 is 12.4 Å². The van der Waals surface area contributed by atoms with Gasteiger partial charge in [0.05, 0.1) is 0 Å². The van der Waals surface area contributed by atoms with Gasteiger partial charge in [-0.3, -0.25) is 0 Å². The Labute approximate surface area is 121 Å². The number of rotatable bonds is 3. The molecule has 0 spiro atoms. The fraction of sp³-hybridized carbons (Fsp3) is 0.294. The van der Waals surface area contributed by atoms with Crippen molar-refractivity contribution < 1.29 is 0 Å². The van der Waals surface area contributed by atoms with Crippen molar-refractivity contribution in [3.8, 4) is 11.1 Å². The summed E-state index contributed by atoms with van der Waals surface area (Å²) in [5, 5.41) is 0.